The van der Waals surface area contributed by atoms with E-state index in [-0.39, 0.29) is 11.2 Å². The van der Waals surface area contributed by atoms with Crippen LogP contribution in [-0.2, 0) is 26.3 Å². The smallest absolute Gasteiger partial charge is 0.280 e. The molecule has 1 aromatic carbocycles. The molecule has 9 heteroatoms. The maximum Gasteiger partial charge on any atom is 0.332 e. The van der Waals surface area contributed by atoms with Crippen molar-refractivity contribution < 1.29 is 4.92 Å². The Labute approximate surface area is 165 Å². The highest BCUT2D eigenvalue weighted by Gasteiger charge is 2.18. The number of hydrogen-bond donors (Lipinski definition) is 0. The molecule has 0 amide bonds. The predicted molar refractivity (Wildman–Crippen MR) is 109 cm³/mol. The normalized spacial score (nSPS) is 11.1. The summed E-state index contributed by atoms with van der Waals surface area (Å²) in [6.07, 6.45) is 3.33. The number of aryl methyl sites for hydroxylation is 2. The molecular formula is C19H20N4O4S. The summed E-state index contributed by atoms with van der Waals surface area (Å²) in [6.45, 7) is 2.04. The number of nitrogens with zero attached hydrogens (tertiary/aromatic N) is 4. The van der Waals surface area contributed by atoms with Crippen LogP contribution in [0.15, 0.2) is 44.9 Å². The van der Waals surface area contributed by atoms with Gasteiger partial charge in [0.15, 0.2) is 0 Å². The molecule has 2 aromatic heterocycles. The Balaban J connectivity index is 2.14. The van der Waals surface area contributed by atoms with Gasteiger partial charge in [-0.05, 0) is 17.5 Å². The highest BCUT2D eigenvalue weighted by Crippen LogP contribution is 2.32. The van der Waals surface area contributed by atoms with E-state index in [2.05, 4.69) is 4.98 Å². The molecule has 0 spiro atoms. The molecule has 0 atom stereocenters. The quantitative estimate of drug-likeness (QED) is 0.358. The minimum atomic E-state index is -0.428. The first-order valence-electron chi connectivity index (χ1n) is 8.78. The summed E-state index contributed by atoms with van der Waals surface area (Å²) in [5.41, 5.74) is 1.28. The van der Waals surface area contributed by atoms with Crippen molar-refractivity contribution >= 4 is 28.5 Å². The number of aromatic nitrogens is 3. The number of non-ortho nitro benzene ring substituents is 1. The van der Waals surface area contributed by atoms with Crippen molar-refractivity contribution in [3.05, 3.63) is 72.5 Å². The van der Waals surface area contributed by atoms with Gasteiger partial charge in [-0.15, -0.1) is 11.8 Å². The van der Waals surface area contributed by atoms with E-state index < -0.39 is 10.6 Å². The molecule has 0 N–H and O–H groups in total. The lowest BCUT2D eigenvalue weighted by Gasteiger charge is -2.14. The van der Waals surface area contributed by atoms with Crippen molar-refractivity contribution in [2.75, 3.05) is 0 Å². The van der Waals surface area contributed by atoms with Crippen LogP contribution >= 0.6 is 11.8 Å². The Morgan fingerprint density at radius 2 is 1.96 bits per heavy atom. The highest BCUT2D eigenvalue weighted by molar-refractivity contribution is 7.98. The molecule has 0 unspecified atom stereocenters. The van der Waals surface area contributed by atoms with Gasteiger partial charge in [0.2, 0.25) is 0 Å². The summed E-state index contributed by atoms with van der Waals surface area (Å²) in [6, 6.07) is 6.44. The SMILES string of the molecule is CCCc1cnc2c(c1SCc1cccc([N+](=O)[O-])c1)c(=O)n(C)c(=O)n2C. The second kappa shape index (κ2) is 7.97. The lowest BCUT2D eigenvalue weighted by Crippen LogP contribution is -2.37. The van der Waals surface area contributed by atoms with Crippen molar-refractivity contribution in [3.63, 3.8) is 0 Å². The van der Waals surface area contributed by atoms with Crippen LogP contribution in [0.3, 0.4) is 0 Å². The van der Waals surface area contributed by atoms with E-state index in [0.29, 0.717) is 16.8 Å². The Morgan fingerprint density at radius 1 is 1.21 bits per heavy atom. The minimum absolute atomic E-state index is 0.0322. The first-order valence-corrected chi connectivity index (χ1v) is 9.77. The molecule has 3 aromatic rings. The molecular weight excluding hydrogens is 380 g/mol. The van der Waals surface area contributed by atoms with Gasteiger partial charge in [0, 0.05) is 43.1 Å². The fourth-order valence-corrected chi connectivity index (χ4v) is 4.22. The van der Waals surface area contributed by atoms with E-state index in [0.717, 1.165) is 33.4 Å². The summed E-state index contributed by atoms with van der Waals surface area (Å²) in [4.78, 5) is 40.8. The van der Waals surface area contributed by atoms with E-state index in [1.807, 2.05) is 13.0 Å². The number of hydrogen-bond acceptors (Lipinski definition) is 6. The Morgan fingerprint density at radius 3 is 2.64 bits per heavy atom. The lowest BCUT2D eigenvalue weighted by molar-refractivity contribution is -0.384. The van der Waals surface area contributed by atoms with Crippen LogP contribution in [0.2, 0.25) is 0 Å². The first kappa shape index (κ1) is 19.8. The van der Waals surface area contributed by atoms with Crippen LogP contribution in [0.25, 0.3) is 11.0 Å². The predicted octanol–water partition coefficient (Wildman–Crippen LogP) is 2.79. The third-order valence-corrected chi connectivity index (χ3v) is 5.75. The Hall–Kier alpha value is -2.94. The summed E-state index contributed by atoms with van der Waals surface area (Å²) >= 11 is 1.44. The van der Waals surface area contributed by atoms with E-state index in [1.165, 1.54) is 35.5 Å². The lowest BCUT2D eigenvalue weighted by atomic mass is 10.1. The Bertz CT molecular complexity index is 1180. The van der Waals surface area contributed by atoms with Crippen LogP contribution < -0.4 is 11.2 Å². The van der Waals surface area contributed by atoms with Crippen LogP contribution in [0.4, 0.5) is 5.69 Å². The van der Waals surface area contributed by atoms with Gasteiger partial charge in [-0.1, -0.05) is 25.5 Å². The van der Waals surface area contributed by atoms with Crippen LogP contribution in [0, 0.1) is 10.1 Å². The average molecular weight is 400 g/mol. The van der Waals surface area contributed by atoms with Crippen LogP contribution in [-0.4, -0.2) is 19.0 Å². The molecule has 0 saturated heterocycles. The van der Waals surface area contributed by atoms with E-state index >= 15 is 0 Å². The fourth-order valence-electron chi connectivity index (χ4n) is 3.07. The topological polar surface area (TPSA) is 100 Å². The molecule has 0 aliphatic carbocycles. The van der Waals surface area contributed by atoms with Crippen LogP contribution in [0.1, 0.15) is 24.5 Å². The fraction of sp³-hybridized carbons (Fsp3) is 0.316. The molecule has 0 saturated carbocycles. The maximum atomic E-state index is 12.8. The number of fused-ring (bicyclic) bond motifs is 1. The standard InChI is InChI=1S/C19H20N4O4S/c1-4-6-13-10-20-17-15(18(24)22(3)19(25)21(17)2)16(13)28-11-12-7-5-8-14(9-12)23(26)27/h5,7-10H,4,6,11H2,1-3H3. The molecule has 28 heavy (non-hydrogen) atoms. The number of rotatable bonds is 6. The average Bonchev–Trinajstić information content (AvgIpc) is 2.69. The van der Waals surface area contributed by atoms with Crippen LogP contribution in [0.5, 0.6) is 0 Å². The maximum absolute atomic E-state index is 12.8. The molecule has 3 rings (SSSR count). The summed E-state index contributed by atoms with van der Waals surface area (Å²) in [7, 11) is 3.04. The van der Waals surface area contributed by atoms with Gasteiger partial charge in [-0.2, -0.15) is 0 Å². The van der Waals surface area contributed by atoms with E-state index in [9.17, 15) is 19.7 Å². The van der Waals surface area contributed by atoms with Gasteiger partial charge >= 0.3 is 5.69 Å². The summed E-state index contributed by atoms with van der Waals surface area (Å²) < 4.78 is 2.45. The van der Waals surface area contributed by atoms with Crippen molar-refractivity contribution in [3.8, 4) is 0 Å². The molecule has 0 aliphatic rings. The van der Waals surface area contributed by atoms with Gasteiger partial charge in [-0.25, -0.2) is 9.78 Å². The minimum Gasteiger partial charge on any atom is -0.280 e. The Kier molecular flexibility index (Phi) is 5.64. The zero-order valence-corrected chi connectivity index (χ0v) is 16.7. The zero-order valence-electron chi connectivity index (χ0n) is 15.8. The molecule has 0 bridgehead atoms. The number of nitro groups is 1. The zero-order chi connectivity index (χ0) is 20.4. The van der Waals surface area contributed by atoms with Crippen molar-refractivity contribution in [2.45, 2.75) is 30.4 Å². The van der Waals surface area contributed by atoms with E-state index in [1.54, 1.807) is 19.3 Å². The number of pyridine rings is 1. The van der Waals surface area contributed by atoms with Gasteiger partial charge in [-0.3, -0.25) is 24.0 Å². The molecule has 0 fully saturated rings. The molecule has 146 valence electrons. The number of benzene rings is 1. The summed E-state index contributed by atoms with van der Waals surface area (Å²) in [5.74, 6) is 0.462. The largest absolute Gasteiger partial charge is 0.332 e. The second-order valence-corrected chi connectivity index (χ2v) is 7.47. The number of nitro benzene ring substituents is 1. The van der Waals surface area contributed by atoms with Gasteiger partial charge in [0.1, 0.15) is 5.65 Å². The van der Waals surface area contributed by atoms with Crippen molar-refractivity contribution in [2.24, 2.45) is 14.1 Å². The van der Waals surface area contributed by atoms with Crippen molar-refractivity contribution in [1.29, 1.82) is 0 Å². The monoisotopic (exact) mass is 400 g/mol. The third kappa shape index (κ3) is 3.57. The molecule has 8 nitrogen and oxygen atoms in total. The molecule has 0 radical (unpaired) electrons. The van der Waals surface area contributed by atoms with Gasteiger partial charge in [0.05, 0.1) is 10.3 Å². The van der Waals surface area contributed by atoms with Gasteiger partial charge in [0.25, 0.3) is 11.2 Å². The highest BCUT2D eigenvalue weighted by atomic mass is 32.2. The third-order valence-electron chi connectivity index (χ3n) is 4.52. The summed E-state index contributed by atoms with van der Waals surface area (Å²) in [5, 5.41) is 11.4. The van der Waals surface area contributed by atoms with Crippen molar-refractivity contribution in [1.82, 2.24) is 14.1 Å². The first-order chi connectivity index (χ1) is 13.3. The second-order valence-electron chi connectivity index (χ2n) is 6.48. The van der Waals surface area contributed by atoms with E-state index in [4.69, 9.17) is 0 Å². The number of thioether (sulfide) groups is 1. The van der Waals surface area contributed by atoms with Gasteiger partial charge < -0.3 is 0 Å². The molecule has 2 heterocycles. The molecule has 0 aliphatic heterocycles.